The zero-order valence-electron chi connectivity index (χ0n) is 12.3. The largest absolute Gasteiger partial charge is 0.323 e. The molecule has 3 heteroatoms. The first-order valence-electron chi connectivity index (χ1n) is 8.23. The molecule has 1 aromatic heterocycles. The molecule has 4 fully saturated rings. The molecule has 20 heavy (non-hydrogen) atoms. The standard InChI is InChI=1S/C17H25N3/c1-10-2-17(20-9-19-10)16(18)8-15-13-4-11-3-12(6-13)7-14(15)5-11/h2,9,11-16H,3-8,18H2,1H3. The van der Waals surface area contributed by atoms with Gasteiger partial charge in [0.25, 0.3) is 0 Å². The van der Waals surface area contributed by atoms with Crippen molar-refractivity contribution < 1.29 is 0 Å². The van der Waals surface area contributed by atoms with Gasteiger partial charge in [0.2, 0.25) is 0 Å². The van der Waals surface area contributed by atoms with Crippen LogP contribution in [0.15, 0.2) is 12.4 Å². The van der Waals surface area contributed by atoms with Crippen molar-refractivity contribution in [2.24, 2.45) is 35.3 Å². The first-order chi connectivity index (χ1) is 9.69. The van der Waals surface area contributed by atoms with E-state index in [1.807, 2.05) is 6.92 Å². The molecule has 0 saturated heterocycles. The van der Waals surface area contributed by atoms with Crippen LogP contribution in [0.25, 0.3) is 0 Å². The van der Waals surface area contributed by atoms with Crippen molar-refractivity contribution in [3.8, 4) is 0 Å². The molecule has 1 atom stereocenters. The summed E-state index contributed by atoms with van der Waals surface area (Å²) < 4.78 is 0. The minimum atomic E-state index is 0.0965. The summed E-state index contributed by atoms with van der Waals surface area (Å²) in [5, 5.41) is 0. The van der Waals surface area contributed by atoms with Gasteiger partial charge < -0.3 is 5.73 Å². The normalized spacial score (nSPS) is 40.0. The Balaban J connectivity index is 1.49. The highest BCUT2D eigenvalue weighted by Gasteiger charge is 2.48. The number of nitrogens with two attached hydrogens (primary N) is 1. The fourth-order valence-corrected chi connectivity index (χ4v) is 5.51. The molecule has 4 aliphatic rings. The summed E-state index contributed by atoms with van der Waals surface area (Å²) >= 11 is 0. The minimum absolute atomic E-state index is 0.0965. The third-order valence-corrected chi connectivity index (χ3v) is 6.15. The fourth-order valence-electron chi connectivity index (χ4n) is 5.51. The summed E-state index contributed by atoms with van der Waals surface area (Å²) in [7, 11) is 0. The zero-order chi connectivity index (χ0) is 13.7. The summed E-state index contributed by atoms with van der Waals surface area (Å²) in [5.41, 5.74) is 8.51. The van der Waals surface area contributed by atoms with Gasteiger partial charge in [-0.15, -0.1) is 0 Å². The Kier molecular flexibility index (Phi) is 3.06. The van der Waals surface area contributed by atoms with Crippen molar-refractivity contribution in [1.29, 1.82) is 0 Å². The van der Waals surface area contributed by atoms with Crippen LogP contribution in [-0.2, 0) is 0 Å². The Bertz CT molecular complexity index is 471. The fraction of sp³-hybridized carbons (Fsp3) is 0.765. The van der Waals surface area contributed by atoms with Gasteiger partial charge in [-0.25, -0.2) is 9.97 Å². The maximum Gasteiger partial charge on any atom is 0.115 e. The van der Waals surface area contributed by atoms with Gasteiger partial charge in [0.1, 0.15) is 6.33 Å². The molecule has 0 aliphatic heterocycles. The lowest BCUT2D eigenvalue weighted by atomic mass is 9.51. The molecule has 4 saturated carbocycles. The Morgan fingerprint density at radius 1 is 1.10 bits per heavy atom. The van der Waals surface area contributed by atoms with Gasteiger partial charge >= 0.3 is 0 Å². The average molecular weight is 271 g/mol. The maximum absolute atomic E-state index is 6.45. The van der Waals surface area contributed by atoms with Crippen LogP contribution in [0.1, 0.15) is 56.0 Å². The lowest BCUT2D eigenvalue weighted by Crippen LogP contribution is -2.45. The van der Waals surface area contributed by atoms with Crippen LogP contribution in [-0.4, -0.2) is 9.97 Å². The minimum Gasteiger partial charge on any atom is -0.323 e. The second-order valence-corrected chi connectivity index (χ2v) is 7.52. The van der Waals surface area contributed by atoms with Crippen LogP contribution in [0.3, 0.4) is 0 Å². The summed E-state index contributed by atoms with van der Waals surface area (Å²) in [5.74, 6) is 4.87. The van der Waals surface area contributed by atoms with E-state index in [4.69, 9.17) is 5.73 Å². The quantitative estimate of drug-likeness (QED) is 0.918. The third kappa shape index (κ3) is 2.16. The van der Waals surface area contributed by atoms with Crippen LogP contribution >= 0.6 is 0 Å². The monoisotopic (exact) mass is 271 g/mol. The van der Waals surface area contributed by atoms with E-state index in [1.54, 1.807) is 6.33 Å². The van der Waals surface area contributed by atoms with E-state index in [0.29, 0.717) is 0 Å². The van der Waals surface area contributed by atoms with Crippen LogP contribution in [0, 0.1) is 36.5 Å². The SMILES string of the molecule is Cc1cc(C(N)CC2C3CC4CC(C3)CC2C4)ncn1. The summed E-state index contributed by atoms with van der Waals surface area (Å²) in [6, 6.07) is 2.15. The molecule has 4 aliphatic carbocycles. The van der Waals surface area contributed by atoms with Gasteiger partial charge in [0.15, 0.2) is 0 Å². The van der Waals surface area contributed by atoms with Crippen molar-refractivity contribution in [3.05, 3.63) is 23.8 Å². The predicted molar refractivity (Wildman–Crippen MR) is 78.8 cm³/mol. The lowest BCUT2D eigenvalue weighted by Gasteiger charge is -2.55. The van der Waals surface area contributed by atoms with Crippen LogP contribution in [0.2, 0.25) is 0 Å². The van der Waals surface area contributed by atoms with Crippen LogP contribution in [0.4, 0.5) is 0 Å². The Labute approximate surface area is 121 Å². The third-order valence-electron chi connectivity index (χ3n) is 6.15. The maximum atomic E-state index is 6.45. The number of hydrogen-bond donors (Lipinski definition) is 1. The zero-order valence-corrected chi connectivity index (χ0v) is 12.3. The molecule has 1 heterocycles. The lowest BCUT2D eigenvalue weighted by molar-refractivity contribution is -0.0422. The van der Waals surface area contributed by atoms with Crippen molar-refractivity contribution >= 4 is 0 Å². The molecule has 108 valence electrons. The number of nitrogens with zero attached hydrogens (tertiary/aromatic N) is 2. The molecule has 4 bridgehead atoms. The molecular formula is C17H25N3. The molecule has 0 aromatic carbocycles. The molecule has 0 amide bonds. The molecule has 0 radical (unpaired) electrons. The van der Waals surface area contributed by atoms with E-state index in [-0.39, 0.29) is 6.04 Å². The van der Waals surface area contributed by atoms with E-state index in [1.165, 1.54) is 32.1 Å². The van der Waals surface area contributed by atoms with Crippen LogP contribution in [0.5, 0.6) is 0 Å². The second-order valence-electron chi connectivity index (χ2n) is 7.52. The van der Waals surface area contributed by atoms with E-state index < -0.39 is 0 Å². The number of hydrogen-bond acceptors (Lipinski definition) is 3. The number of aromatic nitrogens is 2. The smallest absolute Gasteiger partial charge is 0.115 e. The van der Waals surface area contributed by atoms with Crippen molar-refractivity contribution in [3.63, 3.8) is 0 Å². The molecule has 1 aromatic rings. The molecule has 2 N–H and O–H groups in total. The molecule has 0 spiro atoms. The number of aryl methyl sites for hydroxylation is 1. The van der Waals surface area contributed by atoms with Gasteiger partial charge in [0.05, 0.1) is 5.69 Å². The Morgan fingerprint density at radius 3 is 2.35 bits per heavy atom. The van der Waals surface area contributed by atoms with Gasteiger partial charge in [-0.2, -0.15) is 0 Å². The molecular weight excluding hydrogens is 246 g/mol. The van der Waals surface area contributed by atoms with Crippen LogP contribution < -0.4 is 5.73 Å². The first-order valence-corrected chi connectivity index (χ1v) is 8.23. The average Bonchev–Trinajstić information content (AvgIpc) is 2.42. The molecule has 3 nitrogen and oxygen atoms in total. The first kappa shape index (κ1) is 12.8. The number of rotatable bonds is 3. The second kappa shape index (κ2) is 4.80. The van der Waals surface area contributed by atoms with Crippen molar-refractivity contribution in [2.75, 3.05) is 0 Å². The van der Waals surface area contributed by atoms with E-state index in [0.717, 1.165) is 47.4 Å². The van der Waals surface area contributed by atoms with Gasteiger partial charge in [-0.05, 0) is 81.1 Å². The van der Waals surface area contributed by atoms with Gasteiger partial charge in [0, 0.05) is 11.7 Å². The summed E-state index contributed by atoms with van der Waals surface area (Å²) in [4.78, 5) is 8.56. The molecule has 1 unspecified atom stereocenters. The van der Waals surface area contributed by atoms with Crippen molar-refractivity contribution in [2.45, 2.75) is 51.5 Å². The van der Waals surface area contributed by atoms with E-state index in [9.17, 15) is 0 Å². The summed E-state index contributed by atoms with van der Waals surface area (Å²) in [6.07, 6.45) is 10.2. The Hall–Kier alpha value is -0.960. The topological polar surface area (TPSA) is 51.8 Å². The van der Waals surface area contributed by atoms with Crippen molar-refractivity contribution in [1.82, 2.24) is 9.97 Å². The summed E-state index contributed by atoms with van der Waals surface area (Å²) in [6.45, 7) is 2.01. The highest BCUT2D eigenvalue weighted by molar-refractivity contribution is 5.11. The Morgan fingerprint density at radius 2 is 1.75 bits per heavy atom. The van der Waals surface area contributed by atoms with Gasteiger partial charge in [-0.1, -0.05) is 0 Å². The van der Waals surface area contributed by atoms with E-state index in [2.05, 4.69) is 16.0 Å². The predicted octanol–water partition coefficient (Wildman–Crippen LogP) is 3.25. The molecule has 5 rings (SSSR count). The highest BCUT2D eigenvalue weighted by atomic mass is 14.9. The van der Waals surface area contributed by atoms with Gasteiger partial charge in [-0.3, -0.25) is 0 Å². The highest BCUT2D eigenvalue weighted by Crippen LogP contribution is 2.58. The van der Waals surface area contributed by atoms with E-state index >= 15 is 0 Å².